The zero-order chi connectivity index (χ0) is 16.3. The van der Waals surface area contributed by atoms with E-state index in [-0.39, 0.29) is 10.8 Å². The summed E-state index contributed by atoms with van der Waals surface area (Å²) in [5.41, 5.74) is 0. The van der Waals surface area contributed by atoms with Gasteiger partial charge in [0.25, 0.3) is 0 Å². The summed E-state index contributed by atoms with van der Waals surface area (Å²) in [6.45, 7) is 3.43. The second-order valence-corrected chi connectivity index (χ2v) is 7.91. The van der Waals surface area contributed by atoms with E-state index in [2.05, 4.69) is 5.32 Å². The van der Waals surface area contributed by atoms with Crippen LogP contribution in [-0.4, -0.2) is 62.3 Å². The molecule has 2 aliphatic heterocycles. The lowest BCUT2D eigenvalue weighted by Crippen LogP contribution is -2.48. The van der Waals surface area contributed by atoms with Crippen LogP contribution in [0.2, 0.25) is 0 Å². The zero-order valence-corrected chi connectivity index (χ0v) is 14.0. The Morgan fingerprint density at radius 2 is 1.83 bits per heavy atom. The molecule has 1 aromatic carbocycles. The Balaban J connectivity index is 1.81. The molecule has 1 atom stereocenters. The van der Waals surface area contributed by atoms with Crippen LogP contribution in [0.3, 0.4) is 0 Å². The number of amides is 1. The highest BCUT2D eigenvalue weighted by Gasteiger charge is 2.41. The average Bonchev–Trinajstić information content (AvgIpc) is 2.91. The Kier molecular flexibility index (Phi) is 4.99. The van der Waals surface area contributed by atoms with Crippen molar-refractivity contribution in [2.75, 3.05) is 32.7 Å². The number of rotatable bonds is 3. The minimum Gasteiger partial charge on any atom is -0.340 e. The summed E-state index contributed by atoms with van der Waals surface area (Å²) < 4.78 is 27.1. The molecule has 0 bridgehead atoms. The fourth-order valence-corrected chi connectivity index (χ4v) is 4.95. The normalized spacial score (nSPS) is 23.7. The quantitative estimate of drug-likeness (QED) is 0.880. The summed E-state index contributed by atoms with van der Waals surface area (Å²) in [5.74, 6) is -0.0503. The maximum Gasteiger partial charge on any atom is 0.243 e. The molecule has 1 N–H and O–H groups in total. The Morgan fingerprint density at radius 3 is 2.61 bits per heavy atom. The molecule has 2 saturated heterocycles. The van der Waals surface area contributed by atoms with Crippen molar-refractivity contribution in [3.8, 4) is 0 Å². The van der Waals surface area contributed by atoms with Gasteiger partial charge in [0, 0.05) is 26.2 Å². The third-order valence-corrected chi connectivity index (χ3v) is 6.41. The van der Waals surface area contributed by atoms with E-state index in [0.717, 1.165) is 25.9 Å². The van der Waals surface area contributed by atoms with Crippen LogP contribution in [0.4, 0.5) is 0 Å². The maximum atomic E-state index is 12.8. The predicted molar refractivity (Wildman–Crippen MR) is 87.4 cm³/mol. The minimum atomic E-state index is -3.61. The first-order valence-electron chi connectivity index (χ1n) is 8.17. The first-order chi connectivity index (χ1) is 11.1. The molecule has 0 radical (unpaired) electrons. The summed E-state index contributed by atoms with van der Waals surface area (Å²) in [6.07, 6.45) is 2.24. The number of nitrogens with one attached hydrogen (secondary N) is 1. The van der Waals surface area contributed by atoms with Crippen molar-refractivity contribution in [3.63, 3.8) is 0 Å². The molecular formula is C16H23N3O3S. The molecule has 0 spiro atoms. The van der Waals surface area contributed by atoms with Gasteiger partial charge in [-0.3, -0.25) is 4.79 Å². The second-order valence-electron chi connectivity index (χ2n) is 6.02. The Labute approximate surface area is 137 Å². The van der Waals surface area contributed by atoms with Gasteiger partial charge in [-0.1, -0.05) is 18.2 Å². The molecule has 3 rings (SSSR count). The number of nitrogens with zero attached hydrogens (tertiary/aromatic N) is 2. The van der Waals surface area contributed by atoms with Crippen LogP contribution in [-0.2, 0) is 14.8 Å². The topological polar surface area (TPSA) is 69.7 Å². The molecule has 0 aromatic heterocycles. The van der Waals surface area contributed by atoms with Crippen molar-refractivity contribution in [1.82, 2.24) is 14.5 Å². The molecule has 126 valence electrons. The molecule has 1 aromatic rings. The molecule has 0 aliphatic carbocycles. The van der Waals surface area contributed by atoms with Crippen LogP contribution in [0.25, 0.3) is 0 Å². The first kappa shape index (κ1) is 16.4. The van der Waals surface area contributed by atoms with Crippen LogP contribution < -0.4 is 5.32 Å². The van der Waals surface area contributed by atoms with Gasteiger partial charge >= 0.3 is 0 Å². The Hall–Kier alpha value is -1.44. The molecule has 1 unspecified atom stereocenters. The lowest BCUT2D eigenvalue weighted by molar-refractivity contribution is -0.134. The fourth-order valence-electron chi connectivity index (χ4n) is 3.28. The number of benzene rings is 1. The van der Waals surface area contributed by atoms with E-state index in [1.807, 2.05) is 4.90 Å². The van der Waals surface area contributed by atoms with Crippen molar-refractivity contribution in [2.45, 2.75) is 30.2 Å². The van der Waals surface area contributed by atoms with Crippen LogP contribution in [0.1, 0.15) is 19.3 Å². The molecule has 2 heterocycles. The van der Waals surface area contributed by atoms with E-state index in [9.17, 15) is 13.2 Å². The van der Waals surface area contributed by atoms with Crippen molar-refractivity contribution >= 4 is 15.9 Å². The molecule has 7 heteroatoms. The van der Waals surface area contributed by atoms with Crippen molar-refractivity contribution in [1.29, 1.82) is 0 Å². The number of carbonyl (C=O) groups excluding carboxylic acids is 1. The number of hydrogen-bond acceptors (Lipinski definition) is 4. The van der Waals surface area contributed by atoms with Crippen molar-refractivity contribution in [2.24, 2.45) is 0 Å². The summed E-state index contributed by atoms with van der Waals surface area (Å²) in [7, 11) is -3.61. The van der Waals surface area contributed by atoms with Crippen molar-refractivity contribution < 1.29 is 13.2 Å². The van der Waals surface area contributed by atoms with Crippen LogP contribution in [0.15, 0.2) is 35.2 Å². The van der Waals surface area contributed by atoms with Gasteiger partial charge in [-0.15, -0.1) is 0 Å². The third kappa shape index (κ3) is 3.41. The smallest absolute Gasteiger partial charge is 0.243 e. The zero-order valence-electron chi connectivity index (χ0n) is 13.1. The SMILES string of the molecule is O=C(C1CCCN1S(=O)(=O)c1ccccc1)N1CCCNCC1. The van der Waals surface area contributed by atoms with Gasteiger partial charge in [-0.05, 0) is 37.9 Å². The van der Waals surface area contributed by atoms with Gasteiger partial charge in [-0.25, -0.2) is 8.42 Å². The highest BCUT2D eigenvalue weighted by Crippen LogP contribution is 2.27. The summed E-state index contributed by atoms with van der Waals surface area (Å²) in [5, 5.41) is 3.26. The predicted octanol–water partition coefficient (Wildman–Crippen LogP) is 0.662. The Morgan fingerprint density at radius 1 is 1.04 bits per heavy atom. The largest absolute Gasteiger partial charge is 0.340 e. The fraction of sp³-hybridized carbons (Fsp3) is 0.562. The lowest BCUT2D eigenvalue weighted by atomic mass is 10.2. The summed E-state index contributed by atoms with van der Waals surface area (Å²) in [4.78, 5) is 14.9. The standard InChI is InChI=1S/C16H23N3O3S/c20-16(18-11-5-9-17-10-13-18)15-8-4-12-19(15)23(21,22)14-6-2-1-3-7-14/h1-3,6-7,15,17H,4-5,8-13H2. The molecule has 1 amide bonds. The van der Waals surface area contributed by atoms with Gasteiger partial charge in [0.2, 0.25) is 15.9 Å². The molecule has 2 aliphatic rings. The Bertz CT molecular complexity index is 640. The van der Waals surface area contributed by atoms with E-state index in [0.29, 0.717) is 26.1 Å². The molecule has 23 heavy (non-hydrogen) atoms. The van der Waals surface area contributed by atoms with E-state index in [1.165, 1.54) is 4.31 Å². The van der Waals surface area contributed by atoms with Gasteiger partial charge < -0.3 is 10.2 Å². The number of carbonyl (C=O) groups is 1. The van der Waals surface area contributed by atoms with Crippen LogP contribution >= 0.6 is 0 Å². The van der Waals surface area contributed by atoms with Gasteiger partial charge in [0.1, 0.15) is 6.04 Å². The van der Waals surface area contributed by atoms with Crippen LogP contribution in [0, 0.1) is 0 Å². The lowest BCUT2D eigenvalue weighted by Gasteiger charge is -2.29. The highest BCUT2D eigenvalue weighted by atomic mass is 32.2. The molecular weight excluding hydrogens is 314 g/mol. The van der Waals surface area contributed by atoms with E-state index < -0.39 is 16.1 Å². The van der Waals surface area contributed by atoms with Crippen LogP contribution in [0.5, 0.6) is 0 Å². The molecule has 2 fully saturated rings. The molecule has 0 saturated carbocycles. The van der Waals surface area contributed by atoms with Gasteiger partial charge in [0.15, 0.2) is 0 Å². The highest BCUT2D eigenvalue weighted by molar-refractivity contribution is 7.89. The van der Waals surface area contributed by atoms with E-state index in [1.54, 1.807) is 30.3 Å². The van der Waals surface area contributed by atoms with Gasteiger partial charge in [0.05, 0.1) is 4.90 Å². The maximum absolute atomic E-state index is 12.8. The third-order valence-electron chi connectivity index (χ3n) is 4.49. The van der Waals surface area contributed by atoms with E-state index >= 15 is 0 Å². The first-order valence-corrected chi connectivity index (χ1v) is 9.61. The van der Waals surface area contributed by atoms with Gasteiger partial charge in [-0.2, -0.15) is 4.31 Å². The minimum absolute atomic E-state index is 0.0503. The van der Waals surface area contributed by atoms with Crippen molar-refractivity contribution in [3.05, 3.63) is 30.3 Å². The molecule has 6 nitrogen and oxygen atoms in total. The van der Waals surface area contributed by atoms with E-state index in [4.69, 9.17) is 0 Å². The average molecular weight is 337 g/mol. The number of hydrogen-bond donors (Lipinski definition) is 1. The summed E-state index contributed by atoms with van der Waals surface area (Å²) >= 11 is 0. The summed E-state index contributed by atoms with van der Waals surface area (Å²) in [6, 6.07) is 7.82. The number of sulfonamides is 1. The monoisotopic (exact) mass is 337 g/mol. The second kappa shape index (κ2) is 6.98.